The van der Waals surface area contributed by atoms with Gasteiger partial charge >= 0.3 is 0 Å². The van der Waals surface area contributed by atoms with E-state index in [1.54, 1.807) is 11.3 Å². The Bertz CT molecular complexity index is 3650. The maximum absolute atomic E-state index is 5.40. The zero-order valence-corrected chi connectivity index (χ0v) is 33.8. The summed E-state index contributed by atoms with van der Waals surface area (Å²) in [6.45, 7) is 0. The lowest BCUT2D eigenvalue weighted by molar-refractivity contribution is 1.08. The average molecular weight is 794 g/mol. The normalized spacial score (nSPS) is 11.6. The van der Waals surface area contributed by atoms with Gasteiger partial charge in [0.15, 0.2) is 17.5 Å². The van der Waals surface area contributed by atoms with E-state index in [0.717, 1.165) is 43.8 Å². The lowest BCUT2D eigenvalue weighted by Gasteiger charge is -2.16. The molecule has 0 amide bonds. The summed E-state index contributed by atoms with van der Waals surface area (Å²) >= 11 is 1.79. The van der Waals surface area contributed by atoms with Crippen molar-refractivity contribution in [2.24, 2.45) is 0 Å². The topological polar surface area (TPSA) is 38.7 Å². The first-order valence-corrected chi connectivity index (χ1v) is 21.4. The highest BCUT2D eigenvalue weighted by Gasteiger charge is 2.21. The maximum atomic E-state index is 5.40. The van der Waals surface area contributed by atoms with Gasteiger partial charge in [0.05, 0.1) is 0 Å². The summed E-state index contributed by atoms with van der Waals surface area (Å²) in [6.07, 6.45) is 0. The quantitative estimate of drug-likeness (QED) is 0.168. The van der Waals surface area contributed by atoms with Crippen LogP contribution in [0.3, 0.4) is 0 Å². The molecule has 12 aromatic rings. The van der Waals surface area contributed by atoms with Gasteiger partial charge in [-0.15, -0.1) is 11.3 Å². The highest BCUT2D eigenvalue weighted by atomic mass is 32.1. The predicted octanol–water partition coefficient (Wildman–Crippen LogP) is 15.7. The molecule has 2 aromatic heterocycles. The van der Waals surface area contributed by atoms with Crippen LogP contribution in [0.1, 0.15) is 0 Å². The number of aromatic nitrogens is 3. The second-order valence-electron chi connectivity index (χ2n) is 15.5. The van der Waals surface area contributed by atoms with E-state index >= 15 is 0 Å². The smallest absolute Gasteiger partial charge is 0.165 e. The van der Waals surface area contributed by atoms with Crippen molar-refractivity contribution in [1.29, 1.82) is 0 Å². The van der Waals surface area contributed by atoms with Crippen LogP contribution in [0.2, 0.25) is 0 Å². The molecule has 2 heterocycles. The van der Waals surface area contributed by atoms with Crippen molar-refractivity contribution in [3.05, 3.63) is 212 Å². The molecule has 0 atom stereocenters. The number of rotatable bonds is 6. The Balaban J connectivity index is 1.10. The minimum atomic E-state index is 0.639. The van der Waals surface area contributed by atoms with E-state index in [1.807, 2.05) is 0 Å². The third kappa shape index (κ3) is 5.99. The predicted molar refractivity (Wildman–Crippen MR) is 258 cm³/mol. The van der Waals surface area contributed by atoms with Gasteiger partial charge < -0.3 is 0 Å². The second kappa shape index (κ2) is 14.5. The van der Waals surface area contributed by atoms with E-state index in [2.05, 4.69) is 212 Å². The number of benzene rings is 10. The molecule has 284 valence electrons. The first kappa shape index (κ1) is 35.2. The Morgan fingerprint density at radius 1 is 0.262 bits per heavy atom. The zero-order valence-electron chi connectivity index (χ0n) is 33.0. The van der Waals surface area contributed by atoms with Crippen LogP contribution in [0.25, 0.3) is 120 Å². The number of thiophene rings is 1. The van der Waals surface area contributed by atoms with Crippen molar-refractivity contribution in [2.45, 2.75) is 0 Å². The number of nitrogens with zero attached hydrogens (tertiary/aromatic N) is 3. The summed E-state index contributed by atoms with van der Waals surface area (Å²) in [4.78, 5) is 16.2. The number of hydrogen-bond donors (Lipinski definition) is 0. The second-order valence-corrected chi connectivity index (χ2v) is 16.5. The molecule has 12 rings (SSSR count). The largest absolute Gasteiger partial charge is 0.208 e. The van der Waals surface area contributed by atoms with Crippen molar-refractivity contribution >= 4 is 63.8 Å². The van der Waals surface area contributed by atoms with Crippen LogP contribution in [-0.4, -0.2) is 15.0 Å². The van der Waals surface area contributed by atoms with Gasteiger partial charge in [-0.1, -0.05) is 176 Å². The molecule has 0 spiro atoms. The molecule has 0 radical (unpaired) electrons. The van der Waals surface area contributed by atoms with Crippen LogP contribution < -0.4 is 0 Å². The summed E-state index contributed by atoms with van der Waals surface area (Å²) in [7, 11) is 0. The van der Waals surface area contributed by atoms with E-state index in [0.29, 0.717) is 17.5 Å². The zero-order chi connectivity index (χ0) is 40.3. The van der Waals surface area contributed by atoms with Crippen molar-refractivity contribution in [2.75, 3.05) is 0 Å². The summed E-state index contributed by atoms with van der Waals surface area (Å²) in [6, 6.07) is 75.8. The minimum Gasteiger partial charge on any atom is -0.208 e. The maximum Gasteiger partial charge on any atom is 0.165 e. The molecule has 0 aliphatic rings. The molecular formula is C57H35N3S. The standard InChI is InChI=1S/C57H35N3S/c1-3-16-36(17-4-1)41-30-32-49(45-24-11-9-22-43(41)45)55-58-56(60-57(59-55)51-28-15-27-48-47-26-13-14-29-53(47)61-54(48)51)50-33-31-42(44-23-10-12-25-46(44)50)39-34-38-20-7-8-21-40(38)52(35-39)37-18-5-2-6-19-37/h1-35H. The number of fused-ring (bicyclic) bond motifs is 6. The Kier molecular flexibility index (Phi) is 8.36. The average Bonchev–Trinajstić information content (AvgIpc) is 3.72. The molecule has 3 nitrogen and oxygen atoms in total. The fourth-order valence-electron chi connectivity index (χ4n) is 9.09. The van der Waals surface area contributed by atoms with Crippen molar-refractivity contribution in [3.8, 4) is 67.5 Å². The van der Waals surface area contributed by atoms with Gasteiger partial charge in [-0.3, -0.25) is 0 Å². The van der Waals surface area contributed by atoms with Crippen molar-refractivity contribution in [1.82, 2.24) is 15.0 Å². The van der Waals surface area contributed by atoms with E-state index < -0.39 is 0 Å². The van der Waals surface area contributed by atoms with Gasteiger partial charge in [-0.25, -0.2) is 15.0 Å². The lowest BCUT2D eigenvalue weighted by atomic mass is 9.90. The summed E-state index contributed by atoms with van der Waals surface area (Å²) in [5, 5.41) is 9.37. The molecular weight excluding hydrogens is 759 g/mol. The molecule has 10 aromatic carbocycles. The molecule has 0 fully saturated rings. The third-order valence-electron chi connectivity index (χ3n) is 12.0. The van der Waals surface area contributed by atoms with Crippen LogP contribution in [0.15, 0.2) is 212 Å². The minimum absolute atomic E-state index is 0.639. The molecule has 61 heavy (non-hydrogen) atoms. The highest BCUT2D eigenvalue weighted by molar-refractivity contribution is 7.26. The van der Waals surface area contributed by atoms with E-state index in [4.69, 9.17) is 15.0 Å². The third-order valence-corrected chi connectivity index (χ3v) is 13.2. The van der Waals surface area contributed by atoms with Crippen LogP contribution >= 0.6 is 11.3 Å². The first-order valence-electron chi connectivity index (χ1n) is 20.6. The fourth-order valence-corrected chi connectivity index (χ4v) is 10.3. The van der Waals surface area contributed by atoms with Gasteiger partial charge in [0.25, 0.3) is 0 Å². The van der Waals surface area contributed by atoms with Crippen LogP contribution in [-0.2, 0) is 0 Å². The summed E-state index contributed by atoms with van der Waals surface area (Å²) in [5.74, 6) is 1.94. The van der Waals surface area contributed by atoms with Gasteiger partial charge in [0.1, 0.15) is 0 Å². The van der Waals surface area contributed by atoms with E-state index in [9.17, 15) is 0 Å². The van der Waals surface area contributed by atoms with Crippen LogP contribution in [0.5, 0.6) is 0 Å². The highest BCUT2D eigenvalue weighted by Crippen LogP contribution is 2.43. The Labute approximate surface area is 356 Å². The molecule has 0 bridgehead atoms. The Morgan fingerprint density at radius 2 is 0.705 bits per heavy atom. The van der Waals surface area contributed by atoms with Crippen LogP contribution in [0, 0.1) is 0 Å². The van der Waals surface area contributed by atoms with Crippen molar-refractivity contribution in [3.63, 3.8) is 0 Å². The van der Waals surface area contributed by atoms with Crippen LogP contribution in [0.4, 0.5) is 0 Å². The van der Waals surface area contributed by atoms with Gasteiger partial charge in [0.2, 0.25) is 0 Å². The molecule has 0 N–H and O–H groups in total. The summed E-state index contributed by atoms with van der Waals surface area (Å²) in [5.41, 5.74) is 10.0. The molecule has 4 heteroatoms. The monoisotopic (exact) mass is 793 g/mol. The molecule has 0 saturated carbocycles. The first-order chi connectivity index (χ1) is 30.2. The molecule has 0 aliphatic heterocycles. The van der Waals surface area contributed by atoms with Gasteiger partial charge in [0, 0.05) is 36.9 Å². The fraction of sp³-hybridized carbons (Fsp3) is 0. The lowest BCUT2D eigenvalue weighted by Crippen LogP contribution is -2.01. The number of hydrogen-bond acceptors (Lipinski definition) is 4. The summed E-state index contributed by atoms with van der Waals surface area (Å²) < 4.78 is 2.41. The van der Waals surface area contributed by atoms with Crippen molar-refractivity contribution < 1.29 is 0 Å². The molecule has 0 aliphatic carbocycles. The van der Waals surface area contributed by atoms with E-state index in [1.165, 1.54) is 58.8 Å². The van der Waals surface area contributed by atoms with E-state index in [-0.39, 0.29) is 0 Å². The van der Waals surface area contributed by atoms with Gasteiger partial charge in [-0.05, 0) is 102 Å². The Hall–Kier alpha value is -7.79. The molecule has 0 unspecified atom stereocenters. The van der Waals surface area contributed by atoms with Gasteiger partial charge in [-0.2, -0.15) is 0 Å². The molecule has 0 saturated heterocycles. The Morgan fingerprint density at radius 3 is 1.33 bits per heavy atom. The SMILES string of the molecule is c1ccc(-c2cc(-c3ccc(-c4nc(-c5ccc(-c6ccccc6)c6ccccc56)nc(-c5cccc6c5sc5ccccc56)n4)c4ccccc34)cc3ccccc23)cc1.